The van der Waals surface area contributed by atoms with Gasteiger partial charge in [-0.2, -0.15) is 0 Å². The van der Waals surface area contributed by atoms with Crippen molar-refractivity contribution in [1.82, 2.24) is 0 Å². The fourth-order valence-electron chi connectivity index (χ4n) is 1.60. The zero-order valence-corrected chi connectivity index (χ0v) is 13.4. The molecule has 0 amide bonds. The summed E-state index contributed by atoms with van der Waals surface area (Å²) in [5.41, 5.74) is -1.41. The number of carbonyl (C=O) groups is 1. The number of ether oxygens (including phenoxy) is 2. The van der Waals surface area contributed by atoms with Crippen molar-refractivity contribution in [3.8, 4) is 17.2 Å². The Kier molecular flexibility index (Phi) is 4.84. The van der Waals surface area contributed by atoms with Gasteiger partial charge in [-0.25, -0.2) is 0 Å². The number of carboxylic acids is 1. The maximum atomic E-state index is 10.9. The Morgan fingerprint density at radius 1 is 1.05 bits per heavy atom. The van der Waals surface area contributed by atoms with Crippen molar-refractivity contribution in [2.45, 2.75) is 19.4 Å². The number of hydrogen-bond donors (Lipinski definition) is 0. The van der Waals surface area contributed by atoms with E-state index in [2.05, 4.69) is 0 Å². The molecule has 0 aliphatic carbocycles. The second-order valence-corrected chi connectivity index (χ2v) is 5.89. The van der Waals surface area contributed by atoms with Crippen LogP contribution in [-0.4, -0.2) is 11.6 Å². The molecule has 0 heterocycles. The quantitative estimate of drug-likeness (QED) is 0.833. The number of benzene rings is 2. The van der Waals surface area contributed by atoms with E-state index >= 15 is 0 Å². The van der Waals surface area contributed by atoms with Gasteiger partial charge in [-0.1, -0.05) is 23.2 Å². The SMILES string of the molecule is CC(C)(Oc1ccc(Oc2ccc(Cl)cc2Cl)cc1)C(=O)[O-]. The van der Waals surface area contributed by atoms with Gasteiger partial charge in [-0.3, -0.25) is 0 Å². The second kappa shape index (κ2) is 6.46. The highest BCUT2D eigenvalue weighted by atomic mass is 35.5. The van der Waals surface area contributed by atoms with Gasteiger partial charge in [0.15, 0.2) is 0 Å². The van der Waals surface area contributed by atoms with Gasteiger partial charge in [-0.15, -0.1) is 0 Å². The molecule has 0 N–H and O–H groups in total. The Morgan fingerprint density at radius 3 is 2.18 bits per heavy atom. The lowest BCUT2D eigenvalue weighted by Gasteiger charge is -2.27. The molecule has 0 aromatic heterocycles. The van der Waals surface area contributed by atoms with E-state index in [0.29, 0.717) is 27.3 Å². The molecular formula is C16H13Cl2O4-. The van der Waals surface area contributed by atoms with Gasteiger partial charge in [0.25, 0.3) is 0 Å². The van der Waals surface area contributed by atoms with Crippen LogP contribution in [0.2, 0.25) is 10.0 Å². The fourth-order valence-corrected chi connectivity index (χ4v) is 2.04. The minimum absolute atomic E-state index is 0.392. The molecule has 2 rings (SSSR count). The zero-order chi connectivity index (χ0) is 16.3. The Balaban J connectivity index is 2.11. The van der Waals surface area contributed by atoms with E-state index in [-0.39, 0.29) is 0 Å². The van der Waals surface area contributed by atoms with E-state index in [4.69, 9.17) is 32.7 Å². The predicted molar refractivity (Wildman–Crippen MR) is 82.7 cm³/mol. The van der Waals surface area contributed by atoms with Crippen molar-refractivity contribution in [2.75, 3.05) is 0 Å². The van der Waals surface area contributed by atoms with E-state index in [1.165, 1.54) is 13.8 Å². The number of halogens is 2. The first-order valence-corrected chi connectivity index (χ1v) is 7.17. The van der Waals surface area contributed by atoms with Gasteiger partial charge >= 0.3 is 0 Å². The average Bonchev–Trinajstić information content (AvgIpc) is 2.43. The zero-order valence-electron chi connectivity index (χ0n) is 11.9. The van der Waals surface area contributed by atoms with Gasteiger partial charge in [0.2, 0.25) is 0 Å². The fraction of sp³-hybridized carbons (Fsp3) is 0.188. The summed E-state index contributed by atoms with van der Waals surface area (Å²) in [5, 5.41) is 11.8. The molecule has 2 aromatic rings. The van der Waals surface area contributed by atoms with E-state index in [0.717, 1.165) is 0 Å². The molecule has 0 aliphatic rings. The molecule has 4 nitrogen and oxygen atoms in total. The van der Waals surface area contributed by atoms with E-state index in [1.54, 1.807) is 42.5 Å². The molecule has 0 atom stereocenters. The summed E-state index contributed by atoms with van der Waals surface area (Å²) >= 11 is 11.8. The van der Waals surface area contributed by atoms with Crippen LogP contribution in [0.3, 0.4) is 0 Å². The number of aliphatic carboxylic acids is 1. The molecule has 22 heavy (non-hydrogen) atoms. The van der Waals surface area contributed by atoms with Crippen LogP contribution in [0, 0.1) is 0 Å². The summed E-state index contributed by atoms with van der Waals surface area (Å²) in [6.07, 6.45) is 0. The van der Waals surface area contributed by atoms with Crippen LogP contribution >= 0.6 is 23.2 Å². The first-order valence-electron chi connectivity index (χ1n) is 6.41. The van der Waals surface area contributed by atoms with Crippen LogP contribution in [0.25, 0.3) is 0 Å². The van der Waals surface area contributed by atoms with E-state index in [1.807, 2.05) is 0 Å². The van der Waals surface area contributed by atoms with Crippen LogP contribution in [0.15, 0.2) is 42.5 Å². The van der Waals surface area contributed by atoms with Crippen LogP contribution in [0.1, 0.15) is 13.8 Å². The molecule has 0 bridgehead atoms. The maximum absolute atomic E-state index is 10.9. The molecule has 0 aliphatic heterocycles. The molecule has 0 saturated carbocycles. The van der Waals surface area contributed by atoms with Gasteiger partial charge < -0.3 is 19.4 Å². The van der Waals surface area contributed by atoms with Gasteiger partial charge in [0, 0.05) is 5.02 Å². The van der Waals surface area contributed by atoms with Gasteiger partial charge in [-0.05, 0) is 56.3 Å². The van der Waals surface area contributed by atoms with Gasteiger partial charge in [0.05, 0.1) is 11.0 Å². The molecule has 6 heteroatoms. The highest BCUT2D eigenvalue weighted by Gasteiger charge is 2.21. The van der Waals surface area contributed by atoms with Crippen molar-refractivity contribution in [3.05, 3.63) is 52.5 Å². The van der Waals surface area contributed by atoms with Crippen molar-refractivity contribution in [2.24, 2.45) is 0 Å². The third-order valence-electron chi connectivity index (χ3n) is 2.81. The van der Waals surface area contributed by atoms with Crippen molar-refractivity contribution in [1.29, 1.82) is 0 Å². The van der Waals surface area contributed by atoms with Crippen molar-refractivity contribution < 1.29 is 19.4 Å². The molecule has 0 radical (unpaired) electrons. The monoisotopic (exact) mass is 339 g/mol. The average molecular weight is 340 g/mol. The van der Waals surface area contributed by atoms with Crippen molar-refractivity contribution in [3.63, 3.8) is 0 Å². The molecule has 0 saturated heterocycles. The van der Waals surface area contributed by atoms with Gasteiger partial charge in [0.1, 0.15) is 22.8 Å². The first-order chi connectivity index (χ1) is 10.3. The molecule has 116 valence electrons. The van der Waals surface area contributed by atoms with E-state index in [9.17, 15) is 9.90 Å². The van der Waals surface area contributed by atoms with E-state index < -0.39 is 11.6 Å². The summed E-state index contributed by atoms with van der Waals surface area (Å²) in [7, 11) is 0. The molecule has 0 unspecified atom stereocenters. The third kappa shape index (κ3) is 4.06. The number of carbonyl (C=O) groups excluding carboxylic acids is 1. The first kappa shape index (κ1) is 16.5. The summed E-state index contributed by atoms with van der Waals surface area (Å²) in [4.78, 5) is 10.9. The highest BCUT2D eigenvalue weighted by Crippen LogP contribution is 2.32. The maximum Gasteiger partial charge on any atom is 0.146 e. The Morgan fingerprint density at radius 2 is 1.64 bits per heavy atom. The number of rotatable bonds is 5. The molecule has 0 spiro atoms. The highest BCUT2D eigenvalue weighted by molar-refractivity contribution is 6.35. The minimum Gasteiger partial charge on any atom is -0.546 e. The summed E-state index contributed by atoms with van der Waals surface area (Å²) in [6.45, 7) is 2.83. The number of hydrogen-bond acceptors (Lipinski definition) is 4. The van der Waals surface area contributed by atoms with Crippen LogP contribution in [0.5, 0.6) is 17.2 Å². The smallest absolute Gasteiger partial charge is 0.146 e. The summed E-state index contributed by atoms with van der Waals surface area (Å²) < 4.78 is 11.0. The van der Waals surface area contributed by atoms with Crippen LogP contribution < -0.4 is 14.6 Å². The molecular weight excluding hydrogens is 327 g/mol. The second-order valence-electron chi connectivity index (χ2n) is 5.05. The molecule has 2 aromatic carbocycles. The van der Waals surface area contributed by atoms with Crippen LogP contribution in [-0.2, 0) is 4.79 Å². The lowest BCUT2D eigenvalue weighted by molar-refractivity contribution is -0.320. The van der Waals surface area contributed by atoms with Crippen molar-refractivity contribution >= 4 is 29.2 Å². The lowest BCUT2D eigenvalue weighted by atomic mass is 10.1. The molecule has 0 fully saturated rings. The lowest BCUT2D eigenvalue weighted by Crippen LogP contribution is -2.47. The standard InChI is InChI=1S/C16H14Cl2O4/c1-16(2,15(19)20)22-12-6-4-11(5-7-12)21-14-8-3-10(17)9-13(14)18/h3-9H,1-2H3,(H,19,20)/p-1. The predicted octanol–water partition coefficient (Wildman–Crippen LogP) is 3.69. The Bertz CT molecular complexity index is 681. The normalized spacial score (nSPS) is 11.1. The van der Waals surface area contributed by atoms with Crippen LogP contribution in [0.4, 0.5) is 0 Å². The number of carboxylic acid groups (broad SMARTS) is 1. The third-order valence-corrected chi connectivity index (χ3v) is 3.34. The minimum atomic E-state index is -1.41. The summed E-state index contributed by atoms with van der Waals surface area (Å²) in [5.74, 6) is 0.0992. The Labute approximate surface area is 138 Å². The topological polar surface area (TPSA) is 58.6 Å². The largest absolute Gasteiger partial charge is 0.546 e. The Hall–Kier alpha value is -1.91. The summed E-state index contributed by atoms with van der Waals surface area (Å²) in [6, 6.07) is 11.4.